The van der Waals surface area contributed by atoms with Crippen molar-refractivity contribution in [1.29, 1.82) is 0 Å². The van der Waals surface area contributed by atoms with E-state index in [1.807, 2.05) is 32.0 Å². The molecule has 27 heteroatoms. The number of nitro benzene ring substituents is 1. The lowest BCUT2D eigenvalue weighted by molar-refractivity contribution is -0.385. The van der Waals surface area contributed by atoms with Gasteiger partial charge in [0.1, 0.15) is 35.7 Å². The number of carbonyl (C=O) groups excluding carboxylic acids is 3. The Morgan fingerprint density at radius 1 is 1.06 bits per heavy atom. The number of rotatable bonds is 20. The van der Waals surface area contributed by atoms with Gasteiger partial charge in [0.2, 0.25) is 15.9 Å². The Hall–Kier alpha value is -4.77. The number of nitrogens with two attached hydrogens (primary N) is 1. The van der Waals surface area contributed by atoms with Crippen LogP contribution in [0.15, 0.2) is 79.9 Å². The SMILES string of the molecule is C=CCN(CC=C)C(=O)C(Cl)Cl.CCOCN(C(=O)CCl)c1c(C)cccc1CC.CP(=O)(O)CCC(N)C(=O)O.CS(=O)(=O)NC(=O)c1cc(Oc2ccc(C(F)(F)F)cc2Cl)ccc1[N+](=O)[O-]. The number of anilines is 1. The molecule has 0 saturated carbocycles. The molecule has 0 aliphatic heterocycles. The third kappa shape index (κ3) is 24.6. The molecule has 0 aliphatic rings. The highest BCUT2D eigenvalue weighted by molar-refractivity contribution is 7.89. The summed E-state index contributed by atoms with van der Waals surface area (Å²) in [6, 6.07) is 10.1. The third-order valence-electron chi connectivity index (χ3n) is 8.36. The number of sulfonamides is 1. The average Bonchev–Trinajstić information content (AvgIpc) is 3.25. The van der Waals surface area contributed by atoms with Crippen LogP contribution in [0, 0.1) is 17.0 Å². The number of aryl methyl sites for hydroxylation is 2. The second kappa shape index (κ2) is 30.8. The number of aliphatic carboxylic acids is 1. The van der Waals surface area contributed by atoms with Gasteiger partial charge in [-0.1, -0.05) is 72.1 Å². The highest BCUT2D eigenvalue weighted by Crippen LogP contribution is 2.38. The first kappa shape index (κ1) is 64.2. The van der Waals surface area contributed by atoms with E-state index in [0.717, 1.165) is 47.5 Å². The minimum Gasteiger partial charge on any atom is -0.480 e. The number of nitrogens with one attached hydrogen (secondary N) is 1. The number of hydrogen-bond donors (Lipinski definition) is 4. The summed E-state index contributed by atoms with van der Waals surface area (Å²) in [5.74, 6) is -3.31. The standard InChI is InChI=1S/C15H10ClF3N2O6S.C14H20ClNO2.C8H11Cl2NO.C5H12NO4P/c1-28(25,26)20-14(22)10-7-9(3-4-12(10)21(23)24)27-13-5-2-8(6-11(13)16)15(17,18)19;1-4-12-8-6-7-11(3)14(12)16(10-18-5-2)13(17)9-15;1-3-5-11(6-4-2)8(12)7(9)10;1-11(9,10)3-2-4(6)5(7)8/h2-7H,1H3,(H,20,22);6-8H,4-5,9-10H2,1-3H3;3-4,7H,1-2,5-6H2;4H,2-3,6H2,1H3,(H,7,8)(H,9,10). The summed E-state index contributed by atoms with van der Waals surface area (Å²) < 4.78 is 83.3. The maximum atomic E-state index is 12.7. The van der Waals surface area contributed by atoms with Gasteiger partial charge in [0, 0.05) is 44.7 Å². The first-order valence-corrected chi connectivity index (χ1v) is 25.8. The molecule has 0 fully saturated rings. The molecule has 2 unspecified atom stereocenters. The number of ether oxygens (including phenoxy) is 2. The Morgan fingerprint density at radius 3 is 2.09 bits per heavy atom. The monoisotopic (exact) mass is 1100 g/mol. The Balaban J connectivity index is 0.000000969. The van der Waals surface area contributed by atoms with E-state index in [4.69, 9.17) is 71.6 Å². The van der Waals surface area contributed by atoms with Crippen LogP contribution >= 0.6 is 53.8 Å². The fourth-order valence-corrected chi connectivity index (χ4v) is 6.99. The van der Waals surface area contributed by atoms with Crippen molar-refractivity contribution in [3.63, 3.8) is 0 Å². The predicted octanol–water partition coefficient (Wildman–Crippen LogP) is 8.55. The quantitative estimate of drug-likeness (QED) is 0.0206. The summed E-state index contributed by atoms with van der Waals surface area (Å²) in [5, 5.41) is 18.9. The molecule has 3 rings (SSSR count). The molecule has 0 spiro atoms. The van der Waals surface area contributed by atoms with Crippen molar-refractivity contribution in [2.24, 2.45) is 5.73 Å². The smallest absolute Gasteiger partial charge is 0.416 e. The maximum absolute atomic E-state index is 12.7. The zero-order valence-corrected chi connectivity index (χ0v) is 42.6. The van der Waals surface area contributed by atoms with Crippen LogP contribution in [0.2, 0.25) is 5.02 Å². The molecule has 3 amide bonds. The van der Waals surface area contributed by atoms with Gasteiger partial charge in [0.25, 0.3) is 17.5 Å². The number of alkyl halides is 6. The van der Waals surface area contributed by atoms with Gasteiger partial charge in [0.05, 0.1) is 27.5 Å². The van der Waals surface area contributed by atoms with Gasteiger partial charge in [0.15, 0.2) is 12.2 Å². The molecule has 5 N–H and O–H groups in total. The zero-order chi connectivity index (χ0) is 53.4. The molecule has 2 atom stereocenters. The van der Waals surface area contributed by atoms with Gasteiger partial charge >= 0.3 is 12.1 Å². The number of nitro groups is 1. The van der Waals surface area contributed by atoms with Gasteiger partial charge in [-0.05, 0) is 62.1 Å². The van der Waals surface area contributed by atoms with E-state index in [1.165, 1.54) is 11.6 Å². The van der Waals surface area contributed by atoms with Gasteiger partial charge in [-0.15, -0.1) is 24.8 Å². The highest BCUT2D eigenvalue weighted by atomic mass is 35.5. The first-order chi connectivity index (χ1) is 31.9. The molecular weight excluding hydrogens is 1040 g/mol. The molecule has 0 aliphatic carbocycles. The van der Waals surface area contributed by atoms with Crippen LogP contribution in [0.25, 0.3) is 0 Å². The Bertz CT molecular complexity index is 2400. The highest BCUT2D eigenvalue weighted by Gasteiger charge is 2.31. The average molecular weight is 1100 g/mol. The van der Waals surface area contributed by atoms with Crippen LogP contribution in [-0.4, -0.2) is 114 Å². The van der Waals surface area contributed by atoms with Gasteiger partial charge in [-0.25, -0.2) is 13.1 Å². The summed E-state index contributed by atoms with van der Waals surface area (Å²) in [4.78, 5) is 66.3. The first-order valence-electron chi connectivity index (χ1n) is 19.8. The fourth-order valence-electron chi connectivity index (χ4n) is 5.14. The predicted molar refractivity (Wildman–Crippen MR) is 261 cm³/mol. The van der Waals surface area contributed by atoms with Crippen LogP contribution in [0.3, 0.4) is 0 Å². The second-order valence-corrected chi connectivity index (χ2v) is 20.1. The fraction of sp³-hybridized carbons (Fsp3) is 0.381. The van der Waals surface area contributed by atoms with Gasteiger partial charge in [-0.3, -0.25) is 38.8 Å². The molecule has 384 valence electrons. The van der Waals surface area contributed by atoms with Crippen LogP contribution in [0.4, 0.5) is 24.5 Å². The van der Waals surface area contributed by atoms with Gasteiger partial charge in [-0.2, -0.15) is 13.2 Å². The third-order valence-corrected chi connectivity index (χ3v) is 10.9. The minimum atomic E-state index is -4.62. The van der Waals surface area contributed by atoms with Crippen molar-refractivity contribution in [2.75, 3.05) is 56.3 Å². The largest absolute Gasteiger partial charge is 0.480 e. The number of carboxylic acid groups (broad SMARTS) is 1. The molecule has 0 saturated heterocycles. The van der Waals surface area contributed by atoms with Crippen LogP contribution in [0.1, 0.15) is 47.3 Å². The molecule has 69 heavy (non-hydrogen) atoms. The van der Waals surface area contributed by atoms with Crippen molar-refractivity contribution in [2.45, 2.75) is 50.7 Å². The van der Waals surface area contributed by atoms with E-state index in [0.29, 0.717) is 38.1 Å². The number of para-hydroxylation sites is 1. The van der Waals surface area contributed by atoms with E-state index < -0.39 is 73.1 Å². The molecule has 0 radical (unpaired) electrons. The molecule has 3 aromatic carbocycles. The van der Waals surface area contributed by atoms with Crippen molar-refractivity contribution in [3.05, 3.63) is 117 Å². The summed E-state index contributed by atoms with van der Waals surface area (Å²) in [7, 11) is -7.10. The summed E-state index contributed by atoms with van der Waals surface area (Å²) >= 11 is 22.2. The second-order valence-electron chi connectivity index (χ2n) is 14.0. The van der Waals surface area contributed by atoms with E-state index in [9.17, 15) is 55.4 Å². The van der Waals surface area contributed by atoms with Crippen LogP contribution in [0.5, 0.6) is 11.5 Å². The number of carbonyl (C=O) groups is 4. The minimum absolute atomic E-state index is 0.0371. The zero-order valence-electron chi connectivity index (χ0n) is 37.9. The van der Waals surface area contributed by atoms with Gasteiger partial charge < -0.3 is 30.1 Å². The van der Waals surface area contributed by atoms with E-state index in [2.05, 4.69) is 20.1 Å². The lowest BCUT2D eigenvalue weighted by atomic mass is 10.0. The lowest BCUT2D eigenvalue weighted by Gasteiger charge is -2.25. The molecular formula is C42H53Cl4F3N5O13PS. The number of halogens is 7. The molecule has 0 aromatic heterocycles. The Kier molecular flexibility index (Phi) is 28.6. The molecule has 0 heterocycles. The Labute approximate surface area is 417 Å². The number of carboxylic acids is 1. The normalized spacial score (nSPS) is 12.2. The van der Waals surface area contributed by atoms with Crippen LogP contribution in [-0.2, 0) is 46.3 Å². The molecule has 3 aromatic rings. The number of amides is 3. The van der Waals surface area contributed by atoms with Crippen LogP contribution < -0.4 is 20.1 Å². The van der Waals surface area contributed by atoms with E-state index in [-0.39, 0.29) is 48.5 Å². The Morgan fingerprint density at radius 2 is 1.65 bits per heavy atom. The number of nitrogens with zero attached hydrogens (tertiary/aromatic N) is 3. The summed E-state index contributed by atoms with van der Waals surface area (Å²) in [6.45, 7) is 15.9. The van der Waals surface area contributed by atoms with E-state index in [1.54, 1.807) is 21.8 Å². The van der Waals surface area contributed by atoms with Crippen molar-refractivity contribution >= 4 is 98.9 Å². The van der Waals surface area contributed by atoms with E-state index >= 15 is 0 Å². The summed E-state index contributed by atoms with van der Waals surface area (Å²) in [6.07, 6.45) is 0.149. The summed E-state index contributed by atoms with van der Waals surface area (Å²) in [5.41, 5.74) is 5.87. The van der Waals surface area contributed by atoms with Crippen molar-refractivity contribution in [3.8, 4) is 11.5 Å². The number of hydrogen-bond acceptors (Lipinski definition) is 12. The maximum Gasteiger partial charge on any atom is 0.416 e. The molecule has 18 nitrogen and oxygen atoms in total. The van der Waals surface area contributed by atoms with Crippen molar-refractivity contribution in [1.82, 2.24) is 9.62 Å². The topological polar surface area (TPSA) is 266 Å². The van der Waals surface area contributed by atoms with Crippen molar-refractivity contribution < 1.29 is 69.7 Å². The number of benzene rings is 3. The lowest BCUT2D eigenvalue weighted by Crippen LogP contribution is -2.35. The molecule has 0 bridgehead atoms.